The summed E-state index contributed by atoms with van der Waals surface area (Å²) in [5, 5.41) is 0. The second-order valence-corrected chi connectivity index (χ2v) is 7.37. The van der Waals surface area contributed by atoms with Crippen molar-refractivity contribution in [3.8, 4) is 11.4 Å². The summed E-state index contributed by atoms with van der Waals surface area (Å²) in [7, 11) is 0. The van der Waals surface area contributed by atoms with Crippen molar-refractivity contribution in [1.82, 2.24) is 19.9 Å². The quantitative estimate of drug-likeness (QED) is 0.725. The predicted molar refractivity (Wildman–Crippen MR) is 92.4 cm³/mol. The Balaban J connectivity index is 1.52. The highest BCUT2D eigenvalue weighted by atomic mass is 35.5. The van der Waals surface area contributed by atoms with Crippen LogP contribution in [0, 0.1) is 0 Å². The molecule has 0 fully saturated rings. The maximum absolute atomic E-state index is 6.01. The van der Waals surface area contributed by atoms with Crippen molar-refractivity contribution < 1.29 is 0 Å². The third kappa shape index (κ3) is 3.27. The topological polar surface area (TPSA) is 41.9 Å². The van der Waals surface area contributed by atoms with Gasteiger partial charge in [0.15, 0.2) is 5.82 Å². The predicted octanol–water partition coefficient (Wildman–Crippen LogP) is 3.81. The minimum atomic E-state index is 0.760. The van der Waals surface area contributed by atoms with Gasteiger partial charge < -0.3 is 0 Å². The van der Waals surface area contributed by atoms with Gasteiger partial charge in [-0.05, 0) is 24.3 Å². The Hall–Kier alpha value is -1.82. The van der Waals surface area contributed by atoms with Gasteiger partial charge in [0, 0.05) is 60.6 Å². The number of aromatic nitrogens is 3. The molecule has 3 aromatic heterocycles. The van der Waals surface area contributed by atoms with E-state index in [-0.39, 0.29) is 0 Å². The van der Waals surface area contributed by atoms with Crippen molar-refractivity contribution in [3.05, 3.63) is 63.3 Å². The lowest BCUT2D eigenvalue weighted by Gasteiger charge is -2.27. The van der Waals surface area contributed by atoms with E-state index >= 15 is 0 Å². The highest BCUT2D eigenvalue weighted by Gasteiger charge is 2.19. The van der Waals surface area contributed by atoms with Gasteiger partial charge in [0.25, 0.3) is 0 Å². The van der Waals surface area contributed by atoms with Gasteiger partial charge in [-0.15, -0.1) is 11.3 Å². The average Bonchev–Trinajstić information content (AvgIpc) is 3.00. The van der Waals surface area contributed by atoms with Crippen LogP contribution in [0.3, 0.4) is 0 Å². The van der Waals surface area contributed by atoms with Gasteiger partial charge in [-0.2, -0.15) is 0 Å². The van der Waals surface area contributed by atoms with Gasteiger partial charge >= 0.3 is 0 Å². The lowest BCUT2D eigenvalue weighted by Crippen LogP contribution is -2.30. The normalized spacial score (nSPS) is 14.7. The highest BCUT2D eigenvalue weighted by Crippen LogP contribution is 2.26. The third-order valence-electron chi connectivity index (χ3n) is 3.94. The molecule has 0 saturated carbocycles. The lowest BCUT2D eigenvalue weighted by molar-refractivity contribution is 0.245. The van der Waals surface area contributed by atoms with E-state index in [2.05, 4.69) is 20.9 Å². The Kier molecular flexibility index (Phi) is 4.08. The van der Waals surface area contributed by atoms with Gasteiger partial charge in [-0.3, -0.25) is 9.88 Å². The molecule has 116 valence electrons. The number of rotatable bonds is 3. The first-order valence-electron chi connectivity index (χ1n) is 7.50. The van der Waals surface area contributed by atoms with Crippen LogP contribution >= 0.6 is 22.9 Å². The molecule has 0 saturated heterocycles. The van der Waals surface area contributed by atoms with E-state index in [1.165, 1.54) is 10.4 Å². The van der Waals surface area contributed by atoms with Crippen molar-refractivity contribution in [1.29, 1.82) is 0 Å². The average molecular weight is 343 g/mol. The van der Waals surface area contributed by atoms with Crippen molar-refractivity contribution in [3.63, 3.8) is 0 Å². The molecule has 0 N–H and O–H groups in total. The molecule has 3 aromatic rings. The van der Waals surface area contributed by atoms with Crippen molar-refractivity contribution >= 4 is 22.9 Å². The maximum atomic E-state index is 6.01. The van der Waals surface area contributed by atoms with Crippen LogP contribution in [0.5, 0.6) is 0 Å². The van der Waals surface area contributed by atoms with Crippen LogP contribution < -0.4 is 0 Å². The van der Waals surface area contributed by atoms with Crippen molar-refractivity contribution in [2.24, 2.45) is 0 Å². The number of halogens is 1. The summed E-state index contributed by atoms with van der Waals surface area (Å²) in [6, 6.07) is 7.96. The zero-order valence-corrected chi connectivity index (χ0v) is 14.0. The smallest absolute Gasteiger partial charge is 0.160 e. The summed E-state index contributed by atoms with van der Waals surface area (Å²) in [6.45, 7) is 2.82. The molecule has 0 amide bonds. The van der Waals surface area contributed by atoms with Crippen LogP contribution in [-0.4, -0.2) is 26.4 Å². The summed E-state index contributed by atoms with van der Waals surface area (Å²) in [4.78, 5) is 17.1. The zero-order valence-electron chi connectivity index (χ0n) is 12.4. The summed E-state index contributed by atoms with van der Waals surface area (Å²) in [5.74, 6) is 0.760. The molecule has 1 aliphatic rings. The minimum Gasteiger partial charge on any atom is -0.293 e. The Morgan fingerprint density at radius 2 is 2.17 bits per heavy atom. The fraction of sp³-hybridized carbons (Fsp3) is 0.235. The lowest BCUT2D eigenvalue weighted by atomic mass is 10.1. The minimum absolute atomic E-state index is 0.760. The summed E-state index contributed by atoms with van der Waals surface area (Å²) in [6.07, 6.45) is 6.47. The maximum Gasteiger partial charge on any atom is 0.160 e. The van der Waals surface area contributed by atoms with Crippen LogP contribution in [0.2, 0.25) is 4.34 Å². The van der Waals surface area contributed by atoms with Crippen LogP contribution in [-0.2, 0) is 19.5 Å². The molecule has 0 aliphatic carbocycles. The summed E-state index contributed by atoms with van der Waals surface area (Å²) >= 11 is 7.66. The van der Waals surface area contributed by atoms with Gasteiger partial charge in [-0.1, -0.05) is 11.6 Å². The van der Waals surface area contributed by atoms with Crippen LogP contribution in [0.25, 0.3) is 11.4 Å². The molecule has 0 bridgehead atoms. The standard InChI is InChI=1S/C17H15ClN4S/c18-16-4-3-14(23-16)11-22-7-5-15-13(10-22)9-20-17(21-15)12-2-1-6-19-8-12/h1-4,6,8-9H,5,7,10-11H2. The van der Waals surface area contributed by atoms with Crippen LogP contribution in [0.1, 0.15) is 16.1 Å². The van der Waals surface area contributed by atoms with E-state index < -0.39 is 0 Å². The Labute approximate surface area is 143 Å². The third-order valence-corrected chi connectivity index (χ3v) is 5.16. The monoisotopic (exact) mass is 342 g/mol. The largest absolute Gasteiger partial charge is 0.293 e. The number of hydrogen-bond acceptors (Lipinski definition) is 5. The number of nitrogens with zero attached hydrogens (tertiary/aromatic N) is 4. The fourth-order valence-corrected chi connectivity index (χ4v) is 3.93. The van der Waals surface area contributed by atoms with Crippen LogP contribution in [0.15, 0.2) is 42.9 Å². The SMILES string of the molecule is Clc1ccc(CN2CCc3nc(-c4cccnc4)ncc3C2)s1. The highest BCUT2D eigenvalue weighted by molar-refractivity contribution is 7.16. The molecule has 6 heteroatoms. The van der Waals surface area contributed by atoms with E-state index in [9.17, 15) is 0 Å². The van der Waals surface area contributed by atoms with E-state index in [4.69, 9.17) is 16.6 Å². The van der Waals surface area contributed by atoms with Gasteiger partial charge in [-0.25, -0.2) is 9.97 Å². The molecule has 0 aromatic carbocycles. The molecule has 4 rings (SSSR count). The molecule has 23 heavy (non-hydrogen) atoms. The fourth-order valence-electron chi connectivity index (χ4n) is 2.80. The molecule has 4 nitrogen and oxygen atoms in total. The number of pyridine rings is 1. The van der Waals surface area contributed by atoms with E-state index in [1.54, 1.807) is 23.7 Å². The Morgan fingerprint density at radius 1 is 1.22 bits per heavy atom. The Morgan fingerprint density at radius 3 is 2.96 bits per heavy atom. The van der Waals surface area contributed by atoms with E-state index in [1.807, 2.05) is 24.4 Å². The first-order chi connectivity index (χ1) is 11.3. The number of hydrogen-bond donors (Lipinski definition) is 0. The van der Waals surface area contributed by atoms with Gasteiger partial charge in [0.05, 0.1) is 10.0 Å². The summed E-state index contributed by atoms with van der Waals surface area (Å²) < 4.78 is 0.849. The molecule has 0 radical (unpaired) electrons. The second kappa shape index (κ2) is 6.35. The zero-order chi connectivity index (χ0) is 15.6. The number of thiophene rings is 1. The second-order valence-electron chi connectivity index (χ2n) is 5.57. The number of fused-ring (bicyclic) bond motifs is 1. The molecular weight excluding hydrogens is 328 g/mol. The first kappa shape index (κ1) is 14.8. The van der Waals surface area contributed by atoms with E-state index in [0.29, 0.717) is 0 Å². The van der Waals surface area contributed by atoms with Gasteiger partial charge in [0.1, 0.15) is 0 Å². The van der Waals surface area contributed by atoms with E-state index in [0.717, 1.165) is 47.5 Å². The summed E-state index contributed by atoms with van der Waals surface area (Å²) in [5.41, 5.74) is 3.33. The van der Waals surface area contributed by atoms with Crippen molar-refractivity contribution in [2.45, 2.75) is 19.5 Å². The molecule has 0 unspecified atom stereocenters. The molecular formula is C17H15ClN4S. The van der Waals surface area contributed by atoms with Crippen LogP contribution in [0.4, 0.5) is 0 Å². The molecule has 0 spiro atoms. The molecule has 4 heterocycles. The van der Waals surface area contributed by atoms with Crippen molar-refractivity contribution in [2.75, 3.05) is 6.54 Å². The molecule has 0 atom stereocenters. The first-order valence-corrected chi connectivity index (χ1v) is 8.69. The van der Waals surface area contributed by atoms with Gasteiger partial charge in [0.2, 0.25) is 0 Å². The molecule has 1 aliphatic heterocycles. The Bertz CT molecular complexity index is 818.